The molecule has 2 aromatic carbocycles. The molecule has 0 spiro atoms. The fourth-order valence-corrected chi connectivity index (χ4v) is 2.49. The number of amides is 1. The van der Waals surface area contributed by atoms with E-state index >= 15 is 0 Å². The van der Waals surface area contributed by atoms with Crippen LogP contribution in [0.25, 0.3) is 11.4 Å². The first-order chi connectivity index (χ1) is 12.7. The summed E-state index contributed by atoms with van der Waals surface area (Å²) in [7, 11) is 0. The molecule has 2 heterocycles. The van der Waals surface area contributed by atoms with Crippen LogP contribution in [0.5, 0.6) is 11.5 Å². The van der Waals surface area contributed by atoms with E-state index in [2.05, 4.69) is 15.5 Å². The Labute approximate surface area is 147 Å². The molecule has 0 saturated carbocycles. The minimum absolute atomic E-state index is 0.180. The van der Waals surface area contributed by atoms with E-state index in [4.69, 9.17) is 14.0 Å². The number of rotatable bonds is 5. The molecule has 7 nitrogen and oxygen atoms in total. The molecular weight excluding hydrogens is 341 g/mol. The van der Waals surface area contributed by atoms with Crippen LogP contribution in [-0.2, 0) is 11.2 Å². The summed E-state index contributed by atoms with van der Waals surface area (Å²) in [5, 5.41) is 6.63. The summed E-state index contributed by atoms with van der Waals surface area (Å²) in [5.74, 6) is 1.43. The van der Waals surface area contributed by atoms with Crippen molar-refractivity contribution in [2.45, 2.75) is 12.8 Å². The van der Waals surface area contributed by atoms with Gasteiger partial charge >= 0.3 is 0 Å². The topological polar surface area (TPSA) is 86.5 Å². The van der Waals surface area contributed by atoms with Crippen LogP contribution in [0.1, 0.15) is 12.3 Å². The number of nitrogens with one attached hydrogen (secondary N) is 1. The maximum atomic E-state index is 12.9. The van der Waals surface area contributed by atoms with Crippen LogP contribution in [0.3, 0.4) is 0 Å². The Hall–Kier alpha value is -3.42. The fraction of sp³-hybridized carbons (Fsp3) is 0.167. The van der Waals surface area contributed by atoms with Crippen molar-refractivity contribution in [3.63, 3.8) is 0 Å². The minimum Gasteiger partial charge on any atom is -0.454 e. The third kappa shape index (κ3) is 3.49. The van der Waals surface area contributed by atoms with Crippen LogP contribution >= 0.6 is 0 Å². The van der Waals surface area contributed by atoms with Gasteiger partial charge in [-0.1, -0.05) is 5.16 Å². The predicted molar refractivity (Wildman–Crippen MR) is 89.2 cm³/mol. The van der Waals surface area contributed by atoms with Crippen LogP contribution in [0.4, 0.5) is 10.1 Å². The first kappa shape index (κ1) is 16.1. The average molecular weight is 355 g/mol. The Balaban J connectivity index is 1.34. The Morgan fingerprint density at radius 3 is 2.77 bits per heavy atom. The molecule has 26 heavy (non-hydrogen) atoms. The second kappa shape index (κ2) is 6.83. The smallest absolute Gasteiger partial charge is 0.231 e. The second-order valence-corrected chi connectivity index (χ2v) is 5.63. The van der Waals surface area contributed by atoms with Gasteiger partial charge in [0, 0.05) is 30.2 Å². The number of anilines is 1. The number of benzene rings is 2. The van der Waals surface area contributed by atoms with E-state index in [1.807, 2.05) is 0 Å². The van der Waals surface area contributed by atoms with Gasteiger partial charge in [0.15, 0.2) is 11.5 Å². The molecule has 0 fully saturated rings. The molecule has 1 aromatic heterocycles. The van der Waals surface area contributed by atoms with Gasteiger partial charge in [0.2, 0.25) is 24.4 Å². The van der Waals surface area contributed by atoms with Gasteiger partial charge in [0.05, 0.1) is 0 Å². The third-order valence-corrected chi connectivity index (χ3v) is 3.79. The molecule has 0 unspecified atom stereocenters. The van der Waals surface area contributed by atoms with E-state index in [1.165, 1.54) is 12.1 Å². The maximum absolute atomic E-state index is 12.9. The Morgan fingerprint density at radius 2 is 1.92 bits per heavy atom. The molecule has 0 radical (unpaired) electrons. The molecule has 0 atom stereocenters. The highest BCUT2D eigenvalue weighted by Gasteiger charge is 2.15. The van der Waals surface area contributed by atoms with Crippen molar-refractivity contribution < 1.29 is 23.2 Å². The van der Waals surface area contributed by atoms with Gasteiger partial charge in [-0.25, -0.2) is 4.39 Å². The summed E-state index contributed by atoms with van der Waals surface area (Å²) in [4.78, 5) is 16.3. The number of ether oxygens (including phenoxy) is 2. The highest BCUT2D eigenvalue weighted by atomic mass is 19.1. The molecule has 4 rings (SSSR count). The van der Waals surface area contributed by atoms with E-state index in [-0.39, 0.29) is 24.9 Å². The van der Waals surface area contributed by atoms with Crippen LogP contribution in [0.2, 0.25) is 0 Å². The molecule has 1 amide bonds. The van der Waals surface area contributed by atoms with Crippen molar-refractivity contribution in [2.75, 3.05) is 12.1 Å². The molecule has 8 heteroatoms. The zero-order valence-electron chi connectivity index (χ0n) is 13.6. The third-order valence-electron chi connectivity index (χ3n) is 3.79. The summed E-state index contributed by atoms with van der Waals surface area (Å²) < 4.78 is 28.6. The number of halogens is 1. The quantitative estimate of drug-likeness (QED) is 0.756. The zero-order valence-corrected chi connectivity index (χ0v) is 13.6. The molecule has 3 aromatic rings. The van der Waals surface area contributed by atoms with Crippen molar-refractivity contribution >= 4 is 11.6 Å². The zero-order chi connectivity index (χ0) is 17.9. The van der Waals surface area contributed by atoms with Crippen LogP contribution in [-0.4, -0.2) is 22.8 Å². The van der Waals surface area contributed by atoms with Crippen molar-refractivity contribution in [3.05, 3.63) is 54.2 Å². The Morgan fingerprint density at radius 1 is 1.12 bits per heavy atom. The van der Waals surface area contributed by atoms with Gasteiger partial charge in [-0.3, -0.25) is 4.79 Å². The molecule has 1 aliphatic heterocycles. The lowest BCUT2D eigenvalue weighted by Crippen LogP contribution is -2.12. The van der Waals surface area contributed by atoms with Gasteiger partial charge in [0.1, 0.15) is 5.82 Å². The van der Waals surface area contributed by atoms with E-state index in [9.17, 15) is 9.18 Å². The van der Waals surface area contributed by atoms with Crippen molar-refractivity contribution in [3.8, 4) is 22.9 Å². The van der Waals surface area contributed by atoms with Crippen molar-refractivity contribution in [1.82, 2.24) is 10.1 Å². The number of fused-ring (bicyclic) bond motifs is 1. The van der Waals surface area contributed by atoms with Crippen LogP contribution in [0.15, 0.2) is 47.0 Å². The minimum atomic E-state index is -0.336. The molecule has 1 N–H and O–H groups in total. The number of aromatic nitrogens is 2. The largest absolute Gasteiger partial charge is 0.454 e. The van der Waals surface area contributed by atoms with Crippen molar-refractivity contribution in [1.29, 1.82) is 0 Å². The van der Waals surface area contributed by atoms with E-state index in [0.29, 0.717) is 40.9 Å². The summed E-state index contributed by atoms with van der Waals surface area (Å²) in [6, 6.07) is 11.0. The summed E-state index contributed by atoms with van der Waals surface area (Å²) in [5.41, 5.74) is 1.27. The summed E-state index contributed by atoms with van der Waals surface area (Å²) in [6.45, 7) is 0.181. The van der Waals surface area contributed by atoms with Crippen LogP contribution in [0, 0.1) is 5.82 Å². The lowest BCUT2D eigenvalue weighted by Gasteiger charge is -2.05. The first-order valence-corrected chi connectivity index (χ1v) is 7.95. The summed E-state index contributed by atoms with van der Waals surface area (Å²) in [6.07, 6.45) is 0.476. The maximum Gasteiger partial charge on any atom is 0.231 e. The molecule has 1 aliphatic rings. The number of hydrogen-bond donors (Lipinski definition) is 1. The number of aryl methyl sites for hydroxylation is 1. The molecule has 0 bridgehead atoms. The van der Waals surface area contributed by atoms with E-state index in [1.54, 1.807) is 30.3 Å². The van der Waals surface area contributed by atoms with Gasteiger partial charge in [-0.2, -0.15) is 4.98 Å². The first-order valence-electron chi connectivity index (χ1n) is 7.95. The Bertz CT molecular complexity index is 940. The van der Waals surface area contributed by atoms with Gasteiger partial charge in [0.25, 0.3) is 0 Å². The monoisotopic (exact) mass is 355 g/mol. The lowest BCUT2D eigenvalue weighted by atomic mass is 10.2. The second-order valence-electron chi connectivity index (χ2n) is 5.63. The number of nitrogens with zero attached hydrogens (tertiary/aromatic N) is 2. The molecule has 132 valence electrons. The van der Waals surface area contributed by atoms with Gasteiger partial charge in [-0.05, 0) is 36.4 Å². The lowest BCUT2D eigenvalue weighted by molar-refractivity contribution is -0.116. The molecule has 0 aliphatic carbocycles. The molecule has 0 saturated heterocycles. The average Bonchev–Trinajstić information content (AvgIpc) is 3.29. The number of carbonyl (C=O) groups excluding carboxylic acids is 1. The van der Waals surface area contributed by atoms with Gasteiger partial charge in [-0.15, -0.1) is 0 Å². The highest BCUT2D eigenvalue weighted by Crippen LogP contribution is 2.34. The molecular formula is C18H14FN3O4. The van der Waals surface area contributed by atoms with Crippen molar-refractivity contribution in [2.24, 2.45) is 0 Å². The fourth-order valence-electron chi connectivity index (χ4n) is 2.49. The standard InChI is InChI=1S/C18H14FN3O4/c19-12-3-1-11(2-4-12)18-21-17(26-22-18)8-7-16(23)20-13-5-6-14-15(9-13)25-10-24-14/h1-6,9H,7-8,10H2,(H,20,23). The van der Waals surface area contributed by atoms with Crippen LogP contribution < -0.4 is 14.8 Å². The predicted octanol–water partition coefficient (Wildman–Crippen LogP) is 3.18. The summed E-state index contributed by atoms with van der Waals surface area (Å²) >= 11 is 0. The number of hydrogen-bond acceptors (Lipinski definition) is 6. The Kier molecular flexibility index (Phi) is 4.22. The normalized spacial score (nSPS) is 12.2. The number of carbonyl (C=O) groups is 1. The SMILES string of the molecule is O=C(CCc1nc(-c2ccc(F)cc2)no1)Nc1ccc2c(c1)OCO2. The van der Waals surface area contributed by atoms with E-state index in [0.717, 1.165) is 0 Å². The van der Waals surface area contributed by atoms with Gasteiger partial charge < -0.3 is 19.3 Å². The van der Waals surface area contributed by atoms with E-state index < -0.39 is 0 Å². The highest BCUT2D eigenvalue weighted by molar-refractivity contribution is 5.91.